The first kappa shape index (κ1) is 16.7. The molecular formula is C20H28N2O3. The van der Waals surface area contributed by atoms with Gasteiger partial charge in [0.1, 0.15) is 11.5 Å². The summed E-state index contributed by atoms with van der Waals surface area (Å²) in [6.07, 6.45) is 8.24. The van der Waals surface area contributed by atoms with Gasteiger partial charge in [-0.2, -0.15) is 0 Å². The van der Waals surface area contributed by atoms with Crippen molar-refractivity contribution in [1.82, 2.24) is 10.9 Å². The van der Waals surface area contributed by atoms with E-state index >= 15 is 0 Å². The van der Waals surface area contributed by atoms with Crippen LogP contribution in [0.3, 0.4) is 0 Å². The summed E-state index contributed by atoms with van der Waals surface area (Å²) in [5.41, 5.74) is 6.74. The molecule has 0 aromatic carbocycles. The number of aryl methyl sites for hydroxylation is 2. The molecule has 0 unspecified atom stereocenters. The number of nitrogens with one attached hydrogen (secondary N) is 2. The summed E-state index contributed by atoms with van der Waals surface area (Å²) in [6.45, 7) is 5.47. The van der Waals surface area contributed by atoms with Gasteiger partial charge in [-0.3, -0.25) is 20.4 Å². The summed E-state index contributed by atoms with van der Waals surface area (Å²) < 4.78 is 5.49. The lowest BCUT2D eigenvalue weighted by Crippen LogP contribution is -2.50. The summed E-state index contributed by atoms with van der Waals surface area (Å²) in [4.78, 5) is 24.9. The second-order valence-corrected chi connectivity index (χ2v) is 8.81. The first-order valence-electron chi connectivity index (χ1n) is 9.51. The van der Waals surface area contributed by atoms with Gasteiger partial charge < -0.3 is 4.42 Å². The predicted octanol–water partition coefficient (Wildman–Crippen LogP) is 3.57. The van der Waals surface area contributed by atoms with E-state index in [0.29, 0.717) is 17.7 Å². The number of furan rings is 1. The van der Waals surface area contributed by atoms with Crippen molar-refractivity contribution in [3.63, 3.8) is 0 Å². The van der Waals surface area contributed by atoms with E-state index in [1.54, 1.807) is 6.92 Å². The fourth-order valence-corrected chi connectivity index (χ4v) is 6.21. The zero-order valence-electron chi connectivity index (χ0n) is 15.4. The second-order valence-electron chi connectivity index (χ2n) is 8.81. The number of amides is 2. The number of carbonyl (C=O) groups is 2. The smallest absolute Gasteiger partial charge is 0.273 e. The minimum absolute atomic E-state index is 0.0641. The fraction of sp³-hybridized carbons (Fsp3) is 0.700. The molecule has 0 spiro atoms. The van der Waals surface area contributed by atoms with Gasteiger partial charge in [-0.25, -0.2) is 0 Å². The van der Waals surface area contributed by atoms with E-state index < -0.39 is 0 Å². The third kappa shape index (κ3) is 2.98. The van der Waals surface area contributed by atoms with Crippen molar-refractivity contribution in [1.29, 1.82) is 0 Å². The first-order chi connectivity index (χ1) is 11.8. The average Bonchev–Trinajstić information content (AvgIpc) is 2.76. The van der Waals surface area contributed by atoms with Crippen LogP contribution in [0.15, 0.2) is 4.42 Å². The van der Waals surface area contributed by atoms with E-state index in [1.807, 2.05) is 13.8 Å². The lowest BCUT2D eigenvalue weighted by atomic mass is 9.49. The number of rotatable bonds is 3. The highest BCUT2D eigenvalue weighted by Gasteiger charge is 2.51. The van der Waals surface area contributed by atoms with Gasteiger partial charge >= 0.3 is 0 Å². The Hall–Kier alpha value is -1.78. The zero-order chi connectivity index (χ0) is 17.8. The molecule has 4 saturated carbocycles. The van der Waals surface area contributed by atoms with Crippen molar-refractivity contribution in [2.75, 3.05) is 0 Å². The Bertz CT molecular complexity index is 683. The fourth-order valence-electron chi connectivity index (χ4n) is 6.21. The molecule has 4 bridgehead atoms. The van der Waals surface area contributed by atoms with Gasteiger partial charge in [0.2, 0.25) is 5.91 Å². The van der Waals surface area contributed by atoms with Crippen LogP contribution in [0.1, 0.15) is 72.4 Å². The normalized spacial score (nSPS) is 32.7. The number of hydrazine groups is 1. The maximum Gasteiger partial charge on any atom is 0.273 e. The Morgan fingerprint density at radius 3 is 2.00 bits per heavy atom. The lowest BCUT2D eigenvalue weighted by Gasteiger charge is -2.56. The predicted molar refractivity (Wildman–Crippen MR) is 93.7 cm³/mol. The van der Waals surface area contributed by atoms with Gasteiger partial charge in [0, 0.05) is 12.0 Å². The minimum Gasteiger partial charge on any atom is -0.466 e. The van der Waals surface area contributed by atoms with E-state index in [9.17, 15) is 9.59 Å². The van der Waals surface area contributed by atoms with E-state index in [2.05, 4.69) is 10.9 Å². The van der Waals surface area contributed by atoms with Crippen LogP contribution >= 0.6 is 0 Å². The highest BCUT2D eigenvalue weighted by Crippen LogP contribution is 2.61. The summed E-state index contributed by atoms with van der Waals surface area (Å²) >= 11 is 0. The van der Waals surface area contributed by atoms with Crippen LogP contribution in [0, 0.1) is 43.9 Å². The van der Waals surface area contributed by atoms with Crippen LogP contribution in [0.2, 0.25) is 0 Å². The maximum absolute atomic E-state index is 12.5. The molecule has 0 saturated heterocycles. The molecule has 136 valence electrons. The molecule has 4 fully saturated rings. The molecule has 1 aromatic rings. The van der Waals surface area contributed by atoms with Gasteiger partial charge in [0.15, 0.2) is 0 Å². The monoisotopic (exact) mass is 344 g/mol. The van der Waals surface area contributed by atoms with Gasteiger partial charge in [-0.05, 0) is 82.5 Å². The van der Waals surface area contributed by atoms with Gasteiger partial charge in [-0.1, -0.05) is 0 Å². The van der Waals surface area contributed by atoms with Crippen molar-refractivity contribution in [2.24, 2.45) is 23.2 Å². The van der Waals surface area contributed by atoms with E-state index in [4.69, 9.17) is 4.42 Å². The Balaban J connectivity index is 1.36. The van der Waals surface area contributed by atoms with Crippen LogP contribution in [0.5, 0.6) is 0 Å². The molecule has 2 N–H and O–H groups in total. The molecule has 4 aliphatic carbocycles. The molecule has 0 aliphatic heterocycles. The standard InChI is InChI=1S/C20H28N2O3/c1-11-12(2)25-13(3)18(11)19(24)22-21-17(23)10-20-7-14-4-15(8-20)6-16(5-14)9-20/h14-16H,4-10H2,1-3H3,(H,21,23)(H,22,24). The molecule has 5 rings (SSSR count). The van der Waals surface area contributed by atoms with E-state index in [-0.39, 0.29) is 17.2 Å². The zero-order valence-corrected chi connectivity index (χ0v) is 15.4. The lowest BCUT2D eigenvalue weighted by molar-refractivity contribution is -0.130. The largest absolute Gasteiger partial charge is 0.466 e. The quantitative estimate of drug-likeness (QED) is 0.824. The minimum atomic E-state index is -0.300. The molecular weight excluding hydrogens is 316 g/mol. The van der Waals surface area contributed by atoms with Crippen molar-refractivity contribution >= 4 is 11.8 Å². The third-order valence-electron chi connectivity index (χ3n) is 6.80. The van der Waals surface area contributed by atoms with Crippen LogP contribution < -0.4 is 10.9 Å². The highest BCUT2D eigenvalue weighted by atomic mass is 16.3. The van der Waals surface area contributed by atoms with Crippen molar-refractivity contribution < 1.29 is 14.0 Å². The van der Waals surface area contributed by atoms with E-state index in [0.717, 1.165) is 29.1 Å². The SMILES string of the molecule is Cc1oc(C)c(C(=O)NNC(=O)CC23CC4CC(CC(C4)C2)C3)c1C. The number of hydrogen-bond acceptors (Lipinski definition) is 3. The van der Waals surface area contributed by atoms with Gasteiger partial charge in [0.05, 0.1) is 5.56 Å². The molecule has 0 radical (unpaired) electrons. The van der Waals surface area contributed by atoms with Crippen LogP contribution in [-0.4, -0.2) is 11.8 Å². The molecule has 5 nitrogen and oxygen atoms in total. The second kappa shape index (κ2) is 5.89. The number of hydrogen-bond donors (Lipinski definition) is 2. The van der Waals surface area contributed by atoms with E-state index in [1.165, 1.54) is 38.5 Å². The van der Waals surface area contributed by atoms with Crippen molar-refractivity contribution in [3.05, 3.63) is 22.6 Å². The van der Waals surface area contributed by atoms with Gasteiger partial charge in [0.25, 0.3) is 5.91 Å². The van der Waals surface area contributed by atoms with Crippen LogP contribution in [0.4, 0.5) is 0 Å². The molecule has 4 aliphatic rings. The highest BCUT2D eigenvalue weighted by molar-refractivity contribution is 5.97. The summed E-state index contributed by atoms with van der Waals surface area (Å²) in [5, 5.41) is 0. The Morgan fingerprint density at radius 1 is 0.960 bits per heavy atom. The van der Waals surface area contributed by atoms with Crippen LogP contribution in [0.25, 0.3) is 0 Å². The molecule has 25 heavy (non-hydrogen) atoms. The van der Waals surface area contributed by atoms with Crippen molar-refractivity contribution in [2.45, 2.75) is 65.7 Å². The molecule has 2 amide bonds. The first-order valence-corrected chi connectivity index (χ1v) is 9.51. The Morgan fingerprint density at radius 2 is 1.52 bits per heavy atom. The third-order valence-corrected chi connectivity index (χ3v) is 6.80. The molecule has 1 aromatic heterocycles. The summed E-state index contributed by atoms with van der Waals surface area (Å²) in [7, 11) is 0. The average molecular weight is 344 g/mol. The Labute approximate surface area is 148 Å². The maximum atomic E-state index is 12.5. The van der Waals surface area contributed by atoms with Crippen LogP contribution in [-0.2, 0) is 4.79 Å². The summed E-state index contributed by atoms with van der Waals surface area (Å²) in [6, 6.07) is 0. The molecule has 5 heteroatoms. The number of carbonyl (C=O) groups excluding carboxylic acids is 2. The molecule has 1 heterocycles. The topological polar surface area (TPSA) is 71.3 Å². The van der Waals surface area contributed by atoms with Gasteiger partial charge in [-0.15, -0.1) is 0 Å². The summed E-state index contributed by atoms with van der Waals surface area (Å²) in [5.74, 6) is 3.44. The Kier molecular flexibility index (Phi) is 3.93. The van der Waals surface area contributed by atoms with Crippen molar-refractivity contribution in [3.8, 4) is 0 Å². The molecule has 0 atom stereocenters.